The second-order valence-electron chi connectivity index (χ2n) is 23.6. The van der Waals surface area contributed by atoms with Crippen molar-refractivity contribution in [1.29, 1.82) is 0 Å². The van der Waals surface area contributed by atoms with Crippen LogP contribution in [0.5, 0.6) is 17.2 Å². The fourth-order valence-electron chi connectivity index (χ4n) is 9.10. The van der Waals surface area contributed by atoms with Crippen LogP contribution in [-0.2, 0) is 53.6 Å². The number of ketones is 1. The number of sulfone groups is 2. The maximum Gasteiger partial charge on any atom is 0.371 e. The molecule has 0 bridgehead atoms. The van der Waals surface area contributed by atoms with E-state index in [0.29, 0.717) is 130 Å². The van der Waals surface area contributed by atoms with Gasteiger partial charge in [-0.15, -0.1) is 0 Å². The van der Waals surface area contributed by atoms with Gasteiger partial charge >= 0.3 is 12.0 Å². The largest absolute Gasteiger partial charge is 0.493 e. The summed E-state index contributed by atoms with van der Waals surface area (Å²) in [5.74, 6) is 0.346. The molecule has 5 N–H and O–H groups in total. The van der Waals surface area contributed by atoms with Crippen molar-refractivity contribution in [1.82, 2.24) is 20.3 Å². The average Bonchev–Trinajstić information content (AvgIpc) is 3.36. The fraction of sp³-hybridized carbons (Fsp3) is 0.635. The van der Waals surface area contributed by atoms with Crippen LogP contribution in [0.15, 0.2) is 54.6 Å². The van der Waals surface area contributed by atoms with Gasteiger partial charge in [-0.3, -0.25) is 19.7 Å². The van der Waals surface area contributed by atoms with Crippen LogP contribution in [0.2, 0.25) is 0 Å². The Balaban J connectivity index is 0.000000272. The number of hydrogen-bond acceptors (Lipinski definition) is 17. The zero-order valence-corrected chi connectivity index (χ0v) is 54.7. The Kier molecular flexibility index (Phi) is 33.1. The summed E-state index contributed by atoms with van der Waals surface area (Å²) in [5, 5.41) is 5.23. The van der Waals surface area contributed by atoms with Gasteiger partial charge in [0, 0.05) is 30.8 Å². The Labute approximate surface area is 524 Å². The number of benzene rings is 3. The molecule has 0 radical (unpaired) electrons. The summed E-state index contributed by atoms with van der Waals surface area (Å²) in [6.45, 7) is 12.6. The molecule has 3 aromatic carbocycles. The van der Waals surface area contributed by atoms with Gasteiger partial charge in [-0.05, 0) is 194 Å². The minimum absolute atomic E-state index is 0.00110. The molecule has 3 amide bonds. The Morgan fingerprint density at radius 2 is 1.08 bits per heavy atom. The molecule has 3 saturated carbocycles. The van der Waals surface area contributed by atoms with E-state index in [2.05, 4.69) is 20.1 Å². The number of urea groups is 1. The number of amides is 3. The average molecular weight is 1310 g/mol. The van der Waals surface area contributed by atoms with E-state index in [0.717, 1.165) is 64.2 Å². The smallest absolute Gasteiger partial charge is 0.371 e. The van der Waals surface area contributed by atoms with Crippen LogP contribution in [0.25, 0.3) is 0 Å². The first kappa shape index (κ1) is 75.8. The molecular formula is C63H94F3N5O15S3. The molecule has 20 nitrogen and oxygen atoms in total. The number of halogens is 3. The number of carbonyl (C=O) groups is 5. The fourth-order valence-corrected chi connectivity index (χ4v) is 14.0. The van der Waals surface area contributed by atoms with Crippen molar-refractivity contribution in [2.75, 3.05) is 87.9 Å². The van der Waals surface area contributed by atoms with E-state index in [-0.39, 0.29) is 71.7 Å². The molecule has 0 unspecified atom stereocenters. The molecule has 3 aromatic rings. The lowest BCUT2D eigenvalue weighted by Crippen LogP contribution is -2.29. The highest BCUT2D eigenvalue weighted by atomic mass is 32.2. The van der Waals surface area contributed by atoms with Crippen molar-refractivity contribution in [3.63, 3.8) is 0 Å². The van der Waals surface area contributed by atoms with Gasteiger partial charge in [0.25, 0.3) is 0 Å². The van der Waals surface area contributed by atoms with Crippen LogP contribution in [-0.4, -0.2) is 148 Å². The summed E-state index contributed by atoms with van der Waals surface area (Å²) in [6.07, 6.45) is 13.2. The van der Waals surface area contributed by atoms with Gasteiger partial charge in [0.15, 0.2) is 19.7 Å². The lowest BCUT2D eigenvalue weighted by molar-refractivity contribution is -0.148. The SMILES string of the molecule is CC(=O)CNCCCCCS(=O)(=O)C[C@@H](C)c1cc(F)cc(OCC2CC2)c1.CCOC(=O)C=O.C[C@H](CS(=O)(=O)CCCCCN1CC(=O)NC1=O)c1cc(F)cc(OCC2CC2)c1.C[C@H](NS(=O)(=O)CCCCCN)c1cc(F)cc(OCC2CC2)c1. The molecule has 500 valence electrons. The van der Waals surface area contributed by atoms with Crippen LogP contribution >= 0.6 is 0 Å². The van der Waals surface area contributed by atoms with Crippen LogP contribution in [0, 0.1) is 35.2 Å². The van der Waals surface area contributed by atoms with E-state index in [9.17, 15) is 62.4 Å². The number of Topliss-reactive ketones (excluding diaryl/α,β-unsaturated/α-hetero) is 1. The molecule has 0 aromatic heterocycles. The second-order valence-corrected chi connectivity index (χ2v) is 29.9. The van der Waals surface area contributed by atoms with Gasteiger partial charge < -0.3 is 34.9 Å². The first-order valence-corrected chi connectivity index (χ1v) is 36.3. The highest BCUT2D eigenvalue weighted by Crippen LogP contribution is 2.33. The number of rotatable bonds is 39. The number of esters is 1. The summed E-state index contributed by atoms with van der Waals surface area (Å²) in [4.78, 5) is 54.1. The van der Waals surface area contributed by atoms with Crippen molar-refractivity contribution in [2.45, 2.75) is 149 Å². The summed E-state index contributed by atoms with van der Waals surface area (Å²) in [6, 6.07) is 12.4. The van der Waals surface area contributed by atoms with Gasteiger partial charge in [0.2, 0.25) is 22.2 Å². The van der Waals surface area contributed by atoms with Crippen LogP contribution in [0.4, 0.5) is 18.0 Å². The van der Waals surface area contributed by atoms with Gasteiger partial charge in [0.1, 0.15) is 47.0 Å². The molecule has 1 aliphatic heterocycles. The summed E-state index contributed by atoms with van der Waals surface area (Å²) < 4.78 is 139. The third-order valence-corrected chi connectivity index (χ3v) is 20.0. The number of sulfonamides is 1. The highest BCUT2D eigenvalue weighted by molar-refractivity contribution is 7.91. The molecule has 3 atom stereocenters. The van der Waals surface area contributed by atoms with Crippen molar-refractivity contribution in [3.8, 4) is 17.2 Å². The van der Waals surface area contributed by atoms with Gasteiger partial charge in [-0.2, -0.15) is 0 Å². The number of nitrogens with two attached hydrogens (primary N) is 1. The maximum atomic E-state index is 13.9. The van der Waals surface area contributed by atoms with Crippen molar-refractivity contribution >= 4 is 59.7 Å². The standard InChI is InChI=1S/C21H29FN2O5S.C21H32FNO4S.C17H27FN2O3S.C4H6O3/c1-15(17-9-18(22)11-19(10-17)29-13-16-5-6-16)14-30(27,28)8-4-2-3-7-24-12-20(25)23-21(24)26;1-16(15-28(25,26)9-5-3-4-8-23-13-17(2)24)19-10-20(22)12-21(11-19)27-14-18-6-7-18;1-13(20-24(21,22)8-4-2-3-7-19)15-9-16(18)11-17(10-15)23-12-14-5-6-14;1-2-7-4(6)3-5/h9-11,15-16H,2-8,12-14H2,1H3,(H,23,25,26);10-12,16,18,23H,3-9,13-15H2,1-2H3;9-11,13-14,20H,2-8,12,19H2,1H3;3H,2H2,1H3/t15-;16-;13-;/m110./s1. The number of imide groups is 1. The first-order valence-electron chi connectivity index (χ1n) is 31.0. The van der Waals surface area contributed by atoms with Crippen LogP contribution < -0.4 is 35.3 Å². The maximum absolute atomic E-state index is 13.9. The molecular weight excluding hydrogens is 1220 g/mol. The van der Waals surface area contributed by atoms with Gasteiger partial charge in [-0.1, -0.05) is 33.1 Å². The molecule has 3 aliphatic carbocycles. The second kappa shape index (κ2) is 38.9. The predicted molar refractivity (Wildman–Crippen MR) is 335 cm³/mol. The predicted octanol–water partition coefficient (Wildman–Crippen LogP) is 8.81. The quantitative estimate of drug-likeness (QED) is 0.0136. The molecule has 4 fully saturated rings. The van der Waals surface area contributed by atoms with E-state index in [1.54, 1.807) is 39.0 Å². The van der Waals surface area contributed by atoms with E-state index >= 15 is 0 Å². The number of nitrogens with zero attached hydrogens (tertiary/aromatic N) is 1. The molecule has 0 spiro atoms. The monoisotopic (exact) mass is 1310 g/mol. The molecule has 7 rings (SSSR count). The molecule has 89 heavy (non-hydrogen) atoms. The molecule has 4 aliphatic rings. The molecule has 26 heteroatoms. The Bertz CT molecular complexity index is 3080. The van der Waals surface area contributed by atoms with Crippen molar-refractivity contribution in [2.24, 2.45) is 23.5 Å². The van der Waals surface area contributed by atoms with Gasteiger partial charge in [-0.25, -0.2) is 52.7 Å². The normalized spacial score (nSPS) is 15.8. The Morgan fingerprint density at radius 1 is 0.640 bits per heavy atom. The summed E-state index contributed by atoms with van der Waals surface area (Å²) in [7, 11) is -9.92. The van der Waals surface area contributed by atoms with Crippen LogP contribution in [0.1, 0.15) is 165 Å². The summed E-state index contributed by atoms with van der Waals surface area (Å²) in [5.41, 5.74) is 7.23. The number of nitrogens with one attached hydrogen (secondary N) is 3. The van der Waals surface area contributed by atoms with Gasteiger partial charge in [0.05, 0.1) is 61.7 Å². The molecule has 1 heterocycles. The minimum Gasteiger partial charge on any atom is -0.493 e. The highest BCUT2D eigenvalue weighted by Gasteiger charge is 2.28. The molecule has 1 saturated heterocycles. The van der Waals surface area contributed by atoms with Crippen molar-refractivity contribution in [3.05, 3.63) is 88.7 Å². The van der Waals surface area contributed by atoms with Crippen molar-refractivity contribution < 1.29 is 81.3 Å². The lowest BCUT2D eigenvalue weighted by Gasteiger charge is -2.16. The number of unbranched alkanes of at least 4 members (excludes halogenated alkanes) is 6. The topological polar surface area (TPSA) is 290 Å². The zero-order valence-electron chi connectivity index (χ0n) is 52.3. The number of hydrogen-bond donors (Lipinski definition) is 4. The lowest BCUT2D eigenvalue weighted by atomic mass is 10.0. The zero-order chi connectivity index (χ0) is 65.6. The van der Waals surface area contributed by atoms with E-state index in [1.807, 2.05) is 6.92 Å². The number of carbonyl (C=O) groups excluding carboxylic acids is 5. The third kappa shape index (κ3) is 33.8. The minimum atomic E-state index is -3.40. The van der Waals surface area contributed by atoms with E-state index in [4.69, 9.17) is 19.9 Å². The van der Waals surface area contributed by atoms with E-state index in [1.165, 1.54) is 48.2 Å². The third-order valence-electron chi connectivity index (χ3n) is 14.7. The van der Waals surface area contributed by atoms with E-state index < -0.39 is 65.2 Å². The number of ether oxygens (including phenoxy) is 4. The van der Waals surface area contributed by atoms with Crippen LogP contribution in [0.3, 0.4) is 0 Å². The number of aldehydes is 1. The Morgan fingerprint density at radius 3 is 1.48 bits per heavy atom. The summed E-state index contributed by atoms with van der Waals surface area (Å²) >= 11 is 0. The first-order chi connectivity index (χ1) is 42.2. The Hall–Kier alpha value is -5.67.